The Bertz CT molecular complexity index is 1320. The Kier molecular flexibility index (Phi) is 3.77. The second-order valence-corrected chi connectivity index (χ2v) is 6.80. The van der Waals surface area contributed by atoms with Crippen molar-refractivity contribution in [3.63, 3.8) is 0 Å². The molecule has 0 fully saturated rings. The Morgan fingerprint density at radius 3 is 2.90 bits per heavy atom. The molecule has 5 rings (SSSR count). The highest BCUT2D eigenvalue weighted by Gasteiger charge is 2.23. The van der Waals surface area contributed by atoms with Crippen molar-refractivity contribution in [2.75, 3.05) is 19.0 Å². The van der Waals surface area contributed by atoms with Gasteiger partial charge < -0.3 is 19.8 Å². The predicted molar refractivity (Wildman–Crippen MR) is 107 cm³/mol. The van der Waals surface area contributed by atoms with Crippen LogP contribution < -0.4 is 14.8 Å². The van der Waals surface area contributed by atoms with Crippen LogP contribution in [0.3, 0.4) is 0 Å². The number of ether oxygens (including phenoxy) is 2. The molecule has 0 saturated carbocycles. The van der Waals surface area contributed by atoms with E-state index in [-0.39, 0.29) is 12.4 Å². The summed E-state index contributed by atoms with van der Waals surface area (Å²) in [6, 6.07) is 10.4. The van der Waals surface area contributed by atoms with Crippen LogP contribution in [0, 0.1) is 24.1 Å². The van der Waals surface area contributed by atoms with Crippen molar-refractivity contribution < 1.29 is 13.9 Å². The smallest absolute Gasteiger partial charge is 0.218 e. The van der Waals surface area contributed by atoms with E-state index in [1.807, 2.05) is 6.07 Å². The minimum Gasteiger partial charge on any atom is -0.485 e. The number of fused-ring (bicyclic) bond motifs is 4. The second kappa shape index (κ2) is 6.34. The molecule has 0 spiro atoms. The number of H-pyrrole nitrogens is 1. The quantitative estimate of drug-likeness (QED) is 0.539. The zero-order valence-electron chi connectivity index (χ0n) is 15.7. The zero-order chi connectivity index (χ0) is 20.1. The highest BCUT2D eigenvalue weighted by molar-refractivity contribution is 6.15. The molecule has 0 unspecified atom stereocenters. The van der Waals surface area contributed by atoms with Crippen LogP contribution in [0.1, 0.15) is 5.82 Å². The van der Waals surface area contributed by atoms with Crippen LogP contribution in [-0.2, 0) is 0 Å². The van der Waals surface area contributed by atoms with Crippen LogP contribution in [-0.4, -0.2) is 34.7 Å². The molecule has 4 aromatic rings. The van der Waals surface area contributed by atoms with Gasteiger partial charge in [0.15, 0.2) is 11.5 Å². The van der Waals surface area contributed by atoms with E-state index in [0.29, 0.717) is 39.7 Å². The molecule has 29 heavy (non-hydrogen) atoms. The Balaban J connectivity index is 1.78. The molecular formula is C21H16FN5O2. The SMILES string of the molecule is CNc1cc(F)cc2c1[nH]c1nc(C)nc(-c3ccc4c(c3)O[C@H](C#N)CO4)c12. The molecule has 0 saturated heterocycles. The average molecular weight is 389 g/mol. The molecule has 0 bridgehead atoms. The van der Waals surface area contributed by atoms with Crippen LogP contribution >= 0.6 is 0 Å². The molecule has 8 heteroatoms. The van der Waals surface area contributed by atoms with Gasteiger partial charge in [0.05, 0.1) is 22.3 Å². The van der Waals surface area contributed by atoms with E-state index in [1.165, 1.54) is 12.1 Å². The highest BCUT2D eigenvalue weighted by Crippen LogP contribution is 2.40. The van der Waals surface area contributed by atoms with E-state index in [2.05, 4.69) is 26.3 Å². The number of hydrogen-bond donors (Lipinski definition) is 2. The number of nitriles is 1. The first-order valence-electron chi connectivity index (χ1n) is 9.08. The normalized spacial score (nSPS) is 15.4. The molecule has 1 aliphatic rings. The first-order chi connectivity index (χ1) is 14.1. The number of aromatic nitrogens is 3. The topological polar surface area (TPSA) is 95.9 Å². The maximum atomic E-state index is 14.2. The van der Waals surface area contributed by atoms with Gasteiger partial charge in [-0.2, -0.15) is 5.26 Å². The van der Waals surface area contributed by atoms with E-state index in [4.69, 9.17) is 14.7 Å². The molecule has 2 aromatic carbocycles. The largest absolute Gasteiger partial charge is 0.485 e. The van der Waals surface area contributed by atoms with Crippen molar-refractivity contribution in [3.05, 3.63) is 42.0 Å². The van der Waals surface area contributed by atoms with Crippen molar-refractivity contribution in [2.45, 2.75) is 13.0 Å². The monoisotopic (exact) mass is 389 g/mol. The summed E-state index contributed by atoms with van der Waals surface area (Å²) in [7, 11) is 1.74. The summed E-state index contributed by atoms with van der Waals surface area (Å²) < 4.78 is 25.5. The van der Waals surface area contributed by atoms with Gasteiger partial charge in [-0.05, 0) is 37.3 Å². The summed E-state index contributed by atoms with van der Waals surface area (Å²) in [5.41, 5.74) is 3.43. The molecular weight excluding hydrogens is 373 g/mol. The first kappa shape index (κ1) is 17.3. The number of aromatic amines is 1. The minimum atomic E-state index is -0.662. The molecule has 1 aliphatic heterocycles. The lowest BCUT2D eigenvalue weighted by Gasteiger charge is -2.22. The lowest BCUT2D eigenvalue weighted by Crippen LogP contribution is -2.27. The molecule has 7 nitrogen and oxygen atoms in total. The van der Waals surface area contributed by atoms with E-state index in [1.54, 1.807) is 26.1 Å². The van der Waals surface area contributed by atoms with Gasteiger partial charge in [-0.3, -0.25) is 0 Å². The predicted octanol–water partition coefficient (Wildman–Crippen LogP) is 3.93. The standard InChI is InChI=1S/C21H16FN5O2/c1-10-25-19(11-3-4-16-17(5-11)29-13(8-23)9-28-16)18-14-6-12(22)7-15(24-2)20(14)27-21(18)26-10/h3-7,13,24H,9H2,1-2H3,(H,25,26,27)/t13-/m1/s1. The van der Waals surface area contributed by atoms with Crippen molar-refractivity contribution >= 4 is 27.6 Å². The van der Waals surface area contributed by atoms with Crippen LogP contribution in [0.2, 0.25) is 0 Å². The van der Waals surface area contributed by atoms with Crippen molar-refractivity contribution in [1.82, 2.24) is 15.0 Å². The third-order valence-electron chi connectivity index (χ3n) is 4.93. The first-order valence-corrected chi connectivity index (χ1v) is 9.08. The van der Waals surface area contributed by atoms with E-state index < -0.39 is 6.10 Å². The number of hydrogen-bond acceptors (Lipinski definition) is 6. The summed E-state index contributed by atoms with van der Waals surface area (Å²) in [6.07, 6.45) is -0.662. The molecule has 0 amide bonds. The third kappa shape index (κ3) is 2.70. The lowest BCUT2D eigenvalue weighted by molar-refractivity contribution is 0.127. The molecule has 0 radical (unpaired) electrons. The number of rotatable bonds is 2. The van der Waals surface area contributed by atoms with E-state index in [9.17, 15) is 4.39 Å². The fourth-order valence-electron chi connectivity index (χ4n) is 3.66. The van der Waals surface area contributed by atoms with Crippen LogP contribution in [0.5, 0.6) is 11.5 Å². The Labute approximate surface area is 165 Å². The van der Waals surface area contributed by atoms with Crippen molar-refractivity contribution in [2.24, 2.45) is 0 Å². The lowest BCUT2D eigenvalue weighted by atomic mass is 10.0. The maximum absolute atomic E-state index is 14.2. The van der Waals surface area contributed by atoms with Gasteiger partial charge in [0, 0.05) is 18.0 Å². The maximum Gasteiger partial charge on any atom is 0.218 e. The van der Waals surface area contributed by atoms with Crippen molar-refractivity contribution in [3.8, 4) is 28.8 Å². The number of anilines is 1. The molecule has 2 aromatic heterocycles. The summed E-state index contributed by atoms with van der Waals surface area (Å²) in [4.78, 5) is 12.4. The molecule has 144 valence electrons. The number of halogens is 1. The molecule has 2 N–H and O–H groups in total. The number of aryl methyl sites for hydroxylation is 1. The van der Waals surface area contributed by atoms with E-state index in [0.717, 1.165) is 16.5 Å². The van der Waals surface area contributed by atoms with Gasteiger partial charge in [-0.25, -0.2) is 14.4 Å². The minimum absolute atomic E-state index is 0.189. The summed E-state index contributed by atoms with van der Waals surface area (Å²) in [5.74, 6) is 1.28. The fraction of sp³-hybridized carbons (Fsp3) is 0.190. The summed E-state index contributed by atoms with van der Waals surface area (Å²) >= 11 is 0. The van der Waals surface area contributed by atoms with E-state index >= 15 is 0 Å². The average Bonchev–Trinajstić information content (AvgIpc) is 3.09. The van der Waals surface area contributed by atoms with Gasteiger partial charge in [-0.15, -0.1) is 0 Å². The summed E-state index contributed by atoms with van der Waals surface area (Å²) in [6.45, 7) is 1.99. The van der Waals surface area contributed by atoms with Gasteiger partial charge in [0.2, 0.25) is 6.10 Å². The van der Waals surface area contributed by atoms with Gasteiger partial charge >= 0.3 is 0 Å². The van der Waals surface area contributed by atoms with Crippen LogP contribution in [0.15, 0.2) is 30.3 Å². The summed E-state index contributed by atoms with van der Waals surface area (Å²) in [5, 5.41) is 13.5. The van der Waals surface area contributed by atoms with Gasteiger partial charge in [0.1, 0.15) is 30.0 Å². The van der Waals surface area contributed by atoms with Gasteiger partial charge in [0.25, 0.3) is 0 Å². The fourth-order valence-corrected chi connectivity index (χ4v) is 3.66. The molecule has 0 aliphatic carbocycles. The number of nitrogens with one attached hydrogen (secondary N) is 2. The van der Waals surface area contributed by atoms with Crippen LogP contribution in [0.25, 0.3) is 33.2 Å². The molecule has 3 heterocycles. The second-order valence-electron chi connectivity index (χ2n) is 6.80. The third-order valence-corrected chi connectivity index (χ3v) is 4.93. The van der Waals surface area contributed by atoms with Crippen LogP contribution in [0.4, 0.5) is 10.1 Å². The number of nitrogens with zero attached hydrogens (tertiary/aromatic N) is 3. The Morgan fingerprint density at radius 1 is 1.24 bits per heavy atom. The zero-order valence-corrected chi connectivity index (χ0v) is 15.7. The van der Waals surface area contributed by atoms with Crippen molar-refractivity contribution in [1.29, 1.82) is 5.26 Å². The van der Waals surface area contributed by atoms with Gasteiger partial charge in [-0.1, -0.05) is 0 Å². The molecule has 1 atom stereocenters. The number of benzene rings is 2. The Morgan fingerprint density at radius 2 is 2.10 bits per heavy atom. The highest BCUT2D eigenvalue weighted by atomic mass is 19.1. The Hall–Kier alpha value is -3.86.